The molecule has 0 aromatic heterocycles. The molecule has 1 aliphatic rings. The van der Waals surface area contributed by atoms with E-state index in [0.29, 0.717) is 19.5 Å². The van der Waals surface area contributed by atoms with Crippen LogP contribution in [0.5, 0.6) is 0 Å². The van der Waals surface area contributed by atoms with Gasteiger partial charge < -0.3 is 5.11 Å². The molecule has 0 aliphatic carbocycles. The van der Waals surface area contributed by atoms with Crippen LogP contribution in [0, 0.1) is 5.82 Å². The van der Waals surface area contributed by atoms with Gasteiger partial charge in [0.25, 0.3) is 0 Å². The number of benzene rings is 1. The molecule has 1 saturated heterocycles. The maximum Gasteiger partial charge on any atom is 0.151 e. The van der Waals surface area contributed by atoms with Crippen LogP contribution >= 0.6 is 11.6 Å². The summed E-state index contributed by atoms with van der Waals surface area (Å²) in [5.41, 5.74) is 0.800. The van der Waals surface area contributed by atoms with E-state index < -0.39 is 15.7 Å². The van der Waals surface area contributed by atoms with E-state index in [1.807, 2.05) is 4.90 Å². The van der Waals surface area contributed by atoms with E-state index in [0.717, 1.165) is 5.56 Å². The summed E-state index contributed by atoms with van der Waals surface area (Å²) in [4.78, 5) is 1.91. The van der Waals surface area contributed by atoms with Crippen LogP contribution in [0.15, 0.2) is 18.2 Å². The standard InChI is InChI=1S/C13H17ClFNO3S/c14-12-7-10(1-2-13(12)15)8-16(4-5-17)11-3-6-20(18,19)9-11/h1-2,7,11,17H,3-6,8-9H2. The molecule has 0 spiro atoms. The average Bonchev–Trinajstić information content (AvgIpc) is 2.74. The number of aliphatic hydroxyl groups excluding tert-OH is 1. The lowest BCUT2D eigenvalue weighted by molar-refractivity contribution is 0.153. The van der Waals surface area contributed by atoms with Gasteiger partial charge in [-0.3, -0.25) is 4.90 Å². The van der Waals surface area contributed by atoms with Gasteiger partial charge in [0.15, 0.2) is 9.84 Å². The van der Waals surface area contributed by atoms with E-state index in [4.69, 9.17) is 16.7 Å². The van der Waals surface area contributed by atoms with E-state index >= 15 is 0 Å². The van der Waals surface area contributed by atoms with Crippen molar-refractivity contribution in [1.29, 1.82) is 0 Å². The maximum atomic E-state index is 13.1. The minimum absolute atomic E-state index is 0.0468. The van der Waals surface area contributed by atoms with E-state index in [2.05, 4.69) is 0 Å². The summed E-state index contributed by atoms with van der Waals surface area (Å²) in [5.74, 6) is -0.182. The van der Waals surface area contributed by atoms with Crippen molar-refractivity contribution in [3.05, 3.63) is 34.6 Å². The number of aliphatic hydroxyl groups is 1. The lowest BCUT2D eigenvalue weighted by Crippen LogP contribution is -2.37. The molecule has 1 unspecified atom stereocenters. The number of hydrogen-bond donors (Lipinski definition) is 1. The highest BCUT2D eigenvalue weighted by Gasteiger charge is 2.32. The van der Waals surface area contributed by atoms with Gasteiger partial charge >= 0.3 is 0 Å². The van der Waals surface area contributed by atoms with Crippen molar-refractivity contribution in [2.45, 2.75) is 19.0 Å². The van der Waals surface area contributed by atoms with Crippen molar-refractivity contribution < 1.29 is 17.9 Å². The highest BCUT2D eigenvalue weighted by atomic mass is 35.5. The Bertz CT molecular complexity index is 579. The third-order valence-electron chi connectivity index (χ3n) is 3.48. The fourth-order valence-electron chi connectivity index (χ4n) is 2.46. The van der Waals surface area contributed by atoms with Gasteiger partial charge in [-0.2, -0.15) is 0 Å². The van der Waals surface area contributed by atoms with Crippen molar-refractivity contribution in [3.63, 3.8) is 0 Å². The second-order valence-corrected chi connectivity index (χ2v) is 7.64. The Labute approximate surface area is 123 Å². The van der Waals surface area contributed by atoms with Gasteiger partial charge in [-0.1, -0.05) is 17.7 Å². The first-order chi connectivity index (χ1) is 9.41. The van der Waals surface area contributed by atoms with Crippen LogP contribution < -0.4 is 0 Å². The fraction of sp³-hybridized carbons (Fsp3) is 0.538. The maximum absolute atomic E-state index is 13.1. The predicted octanol–water partition coefficient (Wildman–Crippen LogP) is 1.46. The van der Waals surface area contributed by atoms with Gasteiger partial charge in [-0.05, 0) is 24.1 Å². The lowest BCUT2D eigenvalue weighted by Gasteiger charge is -2.27. The van der Waals surface area contributed by atoms with Crippen LogP contribution in [0.4, 0.5) is 4.39 Å². The summed E-state index contributed by atoms with van der Waals surface area (Å²) in [6.07, 6.45) is 0.567. The van der Waals surface area contributed by atoms with Gasteiger partial charge in [0.1, 0.15) is 5.82 Å². The van der Waals surface area contributed by atoms with Gasteiger partial charge in [0.05, 0.1) is 23.1 Å². The van der Waals surface area contributed by atoms with Crippen LogP contribution in [0.25, 0.3) is 0 Å². The molecule has 112 valence electrons. The molecular weight excluding hydrogens is 305 g/mol. The largest absolute Gasteiger partial charge is 0.395 e. The quantitative estimate of drug-likeness (QED) is 0.892. The van der Waals surface area contributed by atoms with Crippen molar-refractivity contribution in [2.75, 3.05) is 24.7 Å². The molecule has 1 N–H and O–H groups in total. The molecule has 2 rings (SSSR count). The monoisotopic (exact) mass is 321 g/mol. The minimum Gasteiger partial charge on any atom is -0.395 e. The summed E-state index contributed by atoms with van der Waals surface area (Å²) < 4.78 is 36.2. The zero-order chi connectivity index (χ0) is 14.8. The van der Waals surface area contributed by atoms with E-state index in [1.54, 1.807) is 6.07 Å². The Morgan fingerprint density at radius 1 is 1.45 bits per heavy atom. The molecule has 1 atom stereocenters. The summed E-state index contributed by atoms with van der Waals surface area (Å²) in [7, 11) is -2.98. The molecule has 0 bridgehead atoms. The Hall–Kier alpha value is -0.690. The zero-order valence-electron chi connectivity index (χ0n) is 10.9. The molecule has 1 fully saturated rings. The third-order valence-corrected chi connectivity index (χ3v) is 5.52. The average molecular weight is 322 g/mol. The summed E-state index contributed by atoms with van der Waals surface area (Å²) >= 11 is 5.74. The highest BCUT2D eigenvalue weighted by Crippen LogP contribution is 2.22. The molecule has 1 aromatic rings. The number of sulfone groups is 1. The van der Waals surface area contributed by atoms with Crippen molar-refractivity contribution in [2.24, 2.45) is 0 Å². The molecule has 20 heavy (non-hydrogen) atoms. The smallest absolute Gasteiger partial charge is 0.151 e. The number of rotatable bonds is 5. The Morgan fingerprint density at radius 3 is 2.75 bits per heavy atom. The van der Waals surface area contributed by atoms with Crippen molar-refractivity contribution >= 4 is 21.4 Å². The molecule has 1 heterocycles. The third kappa shape index (κ3) is 3.91. The first-order valence-electron chi connectivity index (χ1n) is 6.40. The van der Waals surface area contributed by atoms with E-state index in [9.17, 15) is 12.8 Å². The summed E-state index contributed by atoms with van der Waals surface area (Å²) in [6, 6.07) is 4.34. The van der Waals surface area contributed by atoms with Crippen LogP contribution in [-0.2, 0) is 16.4 Å². The second-order valence-electron chi connectivity index (χ2n) is 5.00. The molecule has 4 nitrogen and oxygen atoms in total. The van der Waals surface area contributed by atoms with Gasteiger partial charge in [0, 0.05) is 19.1 Å². The molecule has 1 aromatic carbocycles. The highest BCUT2D eigenvalue weighted by molar-refractivity contribution is 7.91. The summed E-state index contributed by atoms with van der Waals surface area (Å²) in [6.45, 7) is 0.779. The van der Waals surface area contributed by atoms with Crippen LogP contribution in [-0.4, -0.2) is 49.1 Å². The molecule has 1 aliphatic heterocycles. The minimum atomic E-state index is -2.98. The van der Waals surface area contributed by atoms with E-state index in [-0.39, 0.29) is 29.2 Å². The zero-order valence-corrected chi connectivity index (χ0v) is 12.5. The number of hydrogen-bond acceptors (Lipinski definition) is 4. The van der Waals surface area contributed by atoms with Crippen LogP contribution in [0.1, 0.15) is 12.0 Å². The SMILES string of the molecule is O=S1(=O)CCC(N(CCO)Cc2ccc(F)c(Cl)c2)C1. The molecule has 0 radical (unpaired) electrons. The topological polar surface area (TPSA) is 57.6 Å². The number of halogens is 2. The van der Waals surface area contributed by atoms with Gasteiger partial charge in [0.2, 0.25) is 0 Å². The van der Waals surface area contributed by atoms with Crippen molar-refractivity contribution in [3.8, 4) is 0 Å². The molecule has 0 amide bonds. The fourth-order valence-corrected chi connectivity index (χ4v) is 4.42. The number of nitrogens with zero attached hydrogens (tertiary/aromatic N) is 1. The Morgan fingerprint density at radius 2 is 2.20 bits per heavy atom. The Balaban J connectivity index is 2.11. The normalized spacial score (nSPS) is 21.5. The lowest BCUT2D eigenvalue weighted by atomic mass is 10.1. The second kappa shape index (κ2) is 6.39. The van der Waals surface area contributed by atoms with Crippen LogP contribution in [0.3, 0.4) is 0 Å². The van der Waals surface area contributed by atoms with Crippen molar-refractivity contribution in [1.82, 2.24) is 4.90 Å². The molecule has 7 heteroatoms. The Kier molecular flexibility index (Phi) is 5.01. The van der Waals surface area contributed by atoms with Crippen LogP contribution in [0.2, 0.25) is 5.02 Å². The van der Waals surface area contributed by atoms with Gasteiger partial charge in [-0.15, -0.1) is 0 Å². The first kappa shape index (κ1) is 15.7. The molecule has 0 saturated carbocycles. The molecular formula is C13H17ClFNO3S. The van der Waals surface area contributed by atoms with E-state index in [1.165, 1.54) is 12.1 Å². The first-order valence-corrected chi connectivity index (χ1v) is 8.60. The summed E-state index contributed by atoms with van der Waals surface area (Å²) in [5, 5.41) is 9.17. The predicted molar refractivity (Wildman–Crippen MR) is 76.0 cm³/mol. The van der Waals surface area contributed by atoms with Gasteiger partial charge in [-0.25, -0.2) is 12.8 Å².